The second kappa shape index (κ2) is 6.16. The Hall–Kier alpha value is -1.13. The third-order valence-electron chi connectivity index (χ3n) is 2.86. The van der Waals surface area contributed by atoms with Gasteiger partial charge in [-0.05, 0) is 42.0 Å². The fraction of sp³-hybridized carbons (Fsp3) is 0.357. The van der Waals surface area contributed by atoms with Gasteiger partial charge in [-0.15, -0.1) is 0 Å². The molecule has 0 radical (unpaired) electrons. The summed E-state index contributed by atoms with van der Waals surface area (Å²) in [6.07, 6.45) is 1.71. The van der Waals surface area contributed by atoms with Gasteiger partial charge < -0.3 is 5.73 Å². The van der Waals surface area contributed by atoms with Crippen LogP contribution < -0.4 is 5.73 Å². The minimum atomic E-state index is -0.206. The lowest BCUT2D eigenvalue weighted by atomic mass is 10.1. The third-order valence-corrected chi connectivity index (χ3v) is 4.18. The Morgan fingerprint density at radius 3 is 3.00 bits per heavy atom. The van der Waals surface area contributed by atoms with Crippen molar-refractivity contribution in [2.45, 2.75) is 12.7 Å². The lowest BCUT2D eigenvalue weighted by Gasteiger charge is -2.09. The van der Waals surface area contributed by atoms with E-state index in [2.05, 4.69) is 11.9 Å². The van der Waals surface area contributed by atoms with E-state index in [9.17, 15) is 4.39 Å². The van der Waals surface area contributed by atoms with E-state index in [4.69, 9.17) is 5.73 Å². The first kappa shape index (κ1) is 13.3. The van der Waals surface area contributed by atoms with E-state index >= 15 is 0 Å². The molecule has 1 aromatic carbocycles. The smallest absolute Gasteiger partial charge is 0.132 e. The van der Waals surface area contributed by atoms with Gasteiger partial charge in [-0.25, -0.2) is 4.39 Å². The molecule has 2 N–H and O–H groups in total. The first-order valence-electron chi connectivity index (χ1n) is 6.02. The highest BCUT2D eigenvalue weighted by Gasteiger charge is 2.07. The minimum Gasteiger partial charge on any atom is -0.330 e. The molecular formula is C14H17FN2S. The Labute approximate surface area is 111 Å². The Balaban J connectivity index is 2.16. The molecule has 96 valence electrons. The van der Waals surface area contributed by atoms with Crippen molar-refractivity contribution in [1.29, 1.82) is 0 Å². The highest BCUT2D eigenvalue weighted by atomic mass is 32.2. The second-order valence-corrected chi connectivity index (χ2v) is 5.49. The van der Waals surface area contributed by atoms with Gasteiger partial charge in [0.05, 0.1) is 5.52 Å². The summed E-state index contributed by atoms with van der Waals surface area (Å²) in [5.41, 5.74) is 7.44. The maximum atomic E-state index is 13.6. The van der Waals surface area contributed by atoms with Crippen LogP contribution >= 0.6 is 11.8 Å². The predicted octanol–water partition coefficient (Wildman–Crippen LogP) is 3.20. The van der Waals surface area contributed by atoms with Crippen molar-refractivity contribution >= 4 is 22.7 Å². The number of hydrogen-bond donors (Lipinski definition) is 1. The number of nitrogens with zero attached hydrogens (tertiary/aromatic N) is 1. The third kappa shape index (κ3) is 3.00. The van der Waals surface area contributed by atoms with Gasteiger partial charge in [-0.3, -0.25) is 4.98 Å². The maximum absolute atomic E-state index is 13.6. The van der Waals surface area contributed by atoms with Crippen molar-refractivity contribution in [3.63, 3.8) is 0 Å². The van der Waals surface area contributed by atoms with E-state index in [0.717, 1.165) is 22.6 Å². The number of thioether (sulfide) groups is 1. The summed E-state index contributed by atoms with van der Waals surface area (Å²) in [4.78, 5) is 4.28. The molecule has 1 aromatic heterocycles. The van der Waals surface area contributed by atoms with Crippen LogP contribution in [0.2, 0.25) is 0 Å². The average Bonchev–Trinajstić information content (AvgIpc) is 2.41. The van der Waals surface area contributed by atoms with Crippen LogP contribution in [-0.2, 0) is 5.75 Å². The van der Waals surface area contributed by atoms with Crippen LogP contribution in [0.5, 0.6) is 0 Å². The molecule has 0 fully saturated rings. The Morgan fingerprint density at radius 1 is 1.39 bits per heavy atom. The molecule has 4 heteroatoms. The Bertz CT molecular complexity index is 530. The van der Waals surface area contributed by atoms with Gasteiger partial charge in [0.2, 0.25) is 0 Å². The van der Waals surface area contributed by atoms with Crippen LogP contribution in [0, 0.1) is 11.7 Å². The summed E-state index contributed by atoms with van der Waals surface area (Å²) in [6.45, 7) is 2.84. The lowest BCUT2D eigenvalue weighted by molar-refractivity contribution is 0.639. The maximum Gasteiger partial charge on any atom is 0.132 e. The van der Waals surface area contributed by atoms with Crippen LogP contribution in [0.4, 0.5) is 4.39 Å². The Kier molecular flexibility index (Phi) is 4.55. The zero-order valence-electron chi connectivity index (χ0n) is 10.4. The molecule has 2 aromatic rings. The number of rotatable bonds is 5. The van der Waals surface area contributed by atoms with Gasteiger partial charge in [0.25, 0.3) is 0 Å². The largest absolute Gasteiger partial charge is 0.330 e. The van der Waals surface area contributed by atoms with Crippen molar-refractivity contribution in [3.05, 3.63) is 41.8 Å². The van der Waals surface area contributed by atoms with Gasteiger partial charge in [-0.1, -0.05) is 13.0 Å². The van der Waals surface area contributed by atoms with Gasteiger partial charge in [0.1, 0.15) is 5.82 Å². The minimum absolute atomic E-state index is 0.206. The number of hydrogen-bond acceptors (Lipinski definition) is 3. The number of aromatic nitrogens is 1. The molecular weight excluding hydrogens is 247 g/mol. The molecule has 2 rings (SSSR count). The summed E-state index contributed by atoms with van der Waals surface area (Å²) < 4.78 is 13.6. The Morgan fingerprint density at radius 2 is 2.22 bits per heavy atom. The highest BCUT2D eigenvalue weighted by molar-refractivity contribution is 7.98. The summed E-state index contributed by atoms with van der Waals surface area (Å²) in [5.74, 6) is 2.16. The standard InChI is InChI=1S/C14H17FN2S/c1-10(7-16)8-18-9-11-4-5-13(15)12-3-2-6-17-14(11)12/h2-6,10H,7-9,16H2,1H3. The number of fused-ring (bicyclic) bond motifs is 1. The van der Waals surface area contributed by atoms with Gasteiger partial charge in [0.15, 0.2) is 0 Å². The molecule has 1 unspecified atom stereocenters. The number of halogens is 1. The van der Waals surface area contributed by atoms with E-state index in [1.165, 1.54) is 6.07 Å². The summed E-state index contributed by atoms with van der Waals surface area (Å²) in [5, 5.41) is 0.600. The first-order valence-corrected chi connectivity index (χ1v) is 7.17. The molecule has 0 aliphatic carbocycles. The summed E-state index contributed by atoms with van der Waals surface area (Å²) in [6, 6.07) is 6.88. The molecule has 0 aliphatic rings. The zero-order valence-corrected chi connectivity index (χ0v) is 11.2. The fourth-order valence-corrected chi connectivity index (χ4v) is 2.86. The van der Waals surface area contributed by atoms with E-state index in [-0.39, 0.29) is 5.82 Å². The monoisotopic (exact) mass is 264 g/mol. The van der Waals surface area contributed by atoms with Crippen molar-refractivity contribution in [1.82, 2.24) is 4.98 Å². The van der Waals surface area contributed by atoms with Gasteiger partial charge >= 0.3 is 0 Å². The molecule has 0 spiro atoms. The molecule has 0 amide bonds. The zero-order chi connectivity index (χ0) is 13.0. The van der Waals surface area contributed by atoms with Crippen LogP contribution in [-0.4, -0.2) is 17.3 Å². The molecule has 1 heterocycles. The molecule has 0 saturated heterocycles. The topological polar surface area (TPSA) is 38.9 Å². The van der Waals surface area contributed by atoms with Gasteiger partial charge in [0, 0.05) is 17.3 Å². The molecule has 0 saturated carbocycles. The van der Waals surface area contributed by atoms with Crippen LogP contribution in [0.3, 0.4) is 0 Å². The summed E-state index contributed by atoms with van der Waals surface area (Å²) in [7, 11) is 0. The quantitative estimate of drug-likeness (QED) is 0.901. The number of pyridine rings is 1. The van der Waals surface area contributed by atoms with E-state index in [1.54, 1.807) is 18.3 Å². The SMILES string of the molecule is CC(CN)CSCc1ccc(F)c2cccnc12. The number of nitrogens with two attached hydrogens (primary N) is 1. The molecule has 0 bridgehead atoms. The number of benzene rings is 1. The second-order valence-electron chi connectivity index (χ2n) is 4.46. The highest BCUT2D eigenvalue weighted by Crippen LogP contribution is 2.24. The van der Waals surface area contributed by atoms with Crippen molar-refractivity contribution in [3.8, 4) is 0 Å². The average molecular weight is 264 g/mol. The first-order chi connectivity index (χ1) is 8.72. The van der Waals surface area contributed by atoms with E-state index in [0.29, 0.717) is 17.8 Å². The normalized spacial score (nSPS) is 12.8. The molecule has 2 nitrogen and oxygen atoms in total. The van der Waals surface area contributed by atoms with Crippen molar-refractivity contribution in [2.24, 2.45) is 11.7 Å². The molecule has 0 aliphatic heterocycles. The molecule has 1 atom stereocenters. The van der Waals surface area contributed by atoms with Crippen LogP contribution in [0.1, 0.15) is 12.5 Å². The van der Waals surface area contributed by atoms with Crippen LogP contribution in [0.25, 0.3) is 10.9 Å². The fourth-order valence-electron chi connectivity index (χ4n) is 1.75. The summed E-state index contributed by atoms with van der Waals surface area (Å²) >= 11 is 1.82. The van der Waals surface area contributed by atoms with Crippen molar-refractivity contribution in [2.75, 3.05) is 12.3 Å². The van der Waals surface area contributed by atoms with E-state index in [1.807, 2.05) is 17.8 Å². The van der Waals surface area contributed by atoms with Gasteiger partial charge in [-0.2, -0.15) is 11.8 Å². The van der Waals surface area contributed by atoms with Crippen LogP contribution in [0.15, 0.2) is 30.5 Å². The lowest BCUT2D eigenvalue weighted by Crippen LogP contribution is -2.12. The van der Waals surface area contributed by atoms with Crippen molar-refractivity contribution < 1.29 is 4.39 Å². The predicted molar refractivity (Wildman–Crippen MR) is 76.1 cm³/mol. The van der Waals surface area contributed by atoms with E-state index < -0.39 is 0 Å². The molecule has 18 heavy (non-hydrogen) atoms.